The smallest absolute Gasteiger partial charge is 0.434 e. The summed E-state index contributed by atoms with van der Waals surface area (Å²) in [6.45, 7) is 0. The molecule has 2 aromatic carbocycles. The number of benzene rings is 2. The van der Waals surface area contributed by atoms with Gasteiger partial charge in [-0.3, -0.25) is 4.57 Å². The number of hydrogen-bond acceptors (Lipinski definition) is 4. The van der Waals surface area contributed by atoms with Crippen molar-refractivity contribution in [2.24, 2.45) is 5.14 Å². The van der Waals surface area contributed by atoms with E-state index in [4.69, 9.17) is 9.88 Å². The Morgan fingerprint density at radius 2 is 1.75 bits per heavy atom. The van der Waals surface area contributed by atoms with Crippen molar-refractivity contribution in [3.8, 4) is 22.8 Å². The van der Waals surface area contributed by atoms with E-state index in [1.54, 1.807) is 0 Å². The maximum atomic E-state index is 14.0. The van der Waals surface area contributed by atoms with Crippen LogP contribution >= 0.6 is 0 Å². The van der Waals surface area contributed by atoms with E-state index >= 15 is 0 Å². The summed E-state index contributed by atoms with van der Waals surface area (Å²) in [7, 11) is -2.71. The molecule has 0 atom stereocenters. The van der Waals surface area contributed by atoms with Crippen molar-refractivity contribution in [2.75, 3.05) is 7.11 Å². The minimum absolute atomic E-state index is 0.0704. The third-order valence-corrected chi connectivity index (χ3v) is 4.78. The number of alkyl halides is 3. The summed E-state index contributed by atoms with van der Waals surface area (Å²) in [5.74, 6) is -0.991. The van der Waals surface area contributed by atoms with Gasteiger partial charge in [-0.1, -0.05) is 0 Å². The summed E-state index contributed by atoms with van der Waals surface area (Å²) in [6.07, 6.45) is -4.00. The van der Waals surface area contributed by atoms with Crippen molar-refractivity contribution >= 4 is 10.0 Å². The molecule has 0 fully saturated rings. The third-order valence-electron chi connectivity index (χ3n) is 3.85. The molecule has 0 aliphatic carbocycles. The molecule has 0 amide bonds. The molecule has 0 radical (unpaired) electrons. The summed E-state index contributed by atoms with van der Waals surface area (Å²) in [5, 5.41) is 5.02. The first-order chi connectivity index (χ1) is 13.0. The van der Waals surface area contributed by atoms with Crippen molar-refractivity contribution in [3.63, 3.8) is 0 Å². The summed E-state index contributed by atoms with van der Waals surface area (Å²) in [5.41, 5.74) is -0.930. The Morgan fingerprint density at radius 3 is 2.25 bits per heavy atom. The highest BCUT2D eigenvalue weighted by atomic mass is 32.2. The zero-order chi connectivity index (χ0) is 20.7. The number of sulfonamides is 1. The lowest BCUT2D eigenvalue weighted by Gasteiger charge is -2.10. The summed E-state index contributed by atoms with van der Waals surface area (Å²) < 4.78 is 82.1. The molecule has 0 spiro atoms. The fourth-order valence-electron chi connectivity index (χ4n) is 2.52. The van der Waals surface area contributed by atoms with Crippen LogP contribution in [0, 0.1) is 5.82 Å². The van der Waals surface area contributed by atoms with Crippen LogP contribution in [0.3, 0.4) is 0 Å². The van der Waals surface area contributed by atoms with Crippen molar-refractivity contribution in [1.29, 1.82) is 0 Å². The first kappa shape index (κ1) is 19.8. The van der Waals surface area contributed by atoms with Gasteiger partial charge < -0.3 is 4.74 Å². The SMILES string of the molecule is COc1ccc(-n2cc(C(F)(F)F)nc2-c2ccc(S(N)(=O)=O)cc2)cc1F. The van der Waals surface area contributed by atoms with E-state index in [9.17, 15) is 26.0 Å². The normalized spacial score (nSPS) is 12.2. The number of nitrogens with zero attached hydrogens (tertiary/aromatic N) is 2. The number of methoxy groups -OCH3 is 1. The molecule has 28 heavy (non-hydrogen) atoms. The quantitative estimate of drug-likeness (QED) is 0.662. The van der Waals surface area contributed by atoms with E-state index in [-0.39, 0.29) is 27.7 Å². The summed E-state index contributed by atoms with van der Waals surface area (Å²) in [6, 6.07) is 8.45. The molecular weight excluding hydrogens is 402 g/mol. The van der Waals surface area contributed by atoms with Crippen molar-refractivity contribution in [2.45, 2.75) is 11.1 Å². The molecule has 0 unspecified atom stereocenters. The molecule has 3 rings (SSSR count). The maximum absolute atomic E-state index is 14.0. The van der Waals surface area contributed by atoms with E-state index in [1.165, 1.54) is 31.4 Å². The minimum Gasteiger partial charge on any atom is -0.494 e. The molecule has 0 saturated carbocycles. The first-order valence-electron chi connectivity index (χ1n) is 7.64. The van der Waals surface area contributed by atoms with Gasteiger partial charge >= 0.3 is 6.18 Å². The van der Waals surface area contributed by atoms with Crippen molar-refractivity contribution in [3.05, 3.63) is 60.2 Å². The second-order valence-corrected chi connectivity index (χ2v) is 7.27. The Balaban J connectivity index is 2.18. The lowest BCUT2D eigenvalue weighted by molar-refractivity contribution is -0.140. The van der Waals surface area contributed by atoms with Gasteiger partial charge in [-0.15, -0.1) is 0 Å². The number of halogens is 4. The highest BCUT2D eigenvalue weighted by molar-refractivity contribution is 7.89. The molecule has 0 aliphatic heterocycles. The van der Waals surface area contributed by atoms with Gasteiger partial charge in [0.1, 0.15) is 5.82 Å². The van der Waals surface area contributed by atoms with E-state index in [0.29, 0.717) is 0 Å². The van der Waals surface area contributed by atoms with Gasteiger partial charge in [0.2, 0.25) is 10.0 Å². The molecule has 0 saturated heterocycles. The molecular formula is C17H13F4N3O3S. The van der Waals surface area contributed by atoms with Crippen LogP contribution < -0.4 is 9.88 Å². The van der Waals surface area contributed by atoms with E-state index in [0.717, 1.165) is 29.0 Å². The second kappa shape index (κ2) is 6.91. The minimum atomic E-state index is -4.73. The van der Waals surface area contributed by atoms with Crippen LogP contribution in [-0.2, 0) is 16.2 Å². The molecule has 2 N–H and O–H groups in total. The zero-order valence-electron chi connectivity index (χ0n) is 14.2. The van der Waals surface area contributed by atoms with Crippen LogP contribution in [0.5, 0.6) is 5.75 Å². The molecule has 1 aromatic heterocycles. The number of primary sulfonamides is 1. The van der Waals surface area contributed by atoms with Gasteiger partial charge in [0, 0.05) is 17.8 Å². The Bertz CT molecular complexity index is 1120. The second-order valence-electron chi connectivity index (χ2n) is 5.71. The fourth-order valence-corrected chi connectivity index (χ4v) is 3.03. The number of nitrogens with two attached hydrogens (primary N) is 1. The zero-order valence-corrected chi connectivity index (χ0v) is 15.1. The van der Waals surface area contributed by atoms with Gasteiger partial charge in [0.25, 0.3) is 0 Å². The van der Waals surface area contributed by atoms with E-state index < -0.39 is 27.7 Å². The lowest BCUT2D eigenvalue weighted by atomic mass is 10.2. The van der Waals surface area contributed by atoms with Gasteiger partial charge in [-0.05, 0) is 36.4 Å². The van der Waals surface area contributed by atoms with Gasteiger partial charge in [0.15, 0.2) is 17.3 Å². The Morgan fingerprint density at radius 1 is 1.11 bits per heavy atom. The average molecular weight is 415 g/mol. The summed E-state index contributed by atoms with van der Waals surface area (Å²) in [4.78, 5) is 3.39. The monoisotopic (exact) mass is 415 g/mol. The first-order valence-corrected chi connectivity index (χ1v) is 9.19. The van der Waals surface area contributed by atoms with Crippen LogP contribution in [-0.4, -0.2) is 25.1 Å². The predicted molar refractivity (Wildman–Crippen MR) is 91.9 cm³/mol. The van der Waals surface area contributed by atoms with Crippen molar-refractivity contribution in [1.82, 2.24) is 9.55 Å². The molecule has 6 nitrogen and oxygen atoms in total. The van der Waals surface area contributed by atoms with Crippen molar-refractivity contribution < 1.29 is 30.7 Å². The fraction of sp³-hybridized carbons (Fsp3) is 0.118. The van der Waals surface area contributed by atoms with Gasteiger partial charge in [-0.25, -0.2) is 22.9 Å². The van der Waals surface area contributed by atoms with Crippen LogP contribution in [0.4, 0.5) is 17.6 Å². The molecule has 148 valence electrons. The highest BCUT2D eigenvalue weighted by Gasteiger charge is 2.35. The summed E-state index contributed by atoms with van der Waals surface area (Å²) >= 11 is 0. The van der Waals surface area contributed by atoms with Crippen LogP contribution in [0.2, 0.25) is 0 Å². The number of hydrogen-bond donors (Lipinski definition) is 1. The van der Waals surface area contributed by atoms with Crippen LogP contribution in [0.1, 0.15) is 5.69 Å². The molecule has 1 heterocycles. The number of imidazole rings is 1. The van der Waals surface area contributed by atoms with Gasteiger partial charge in [-0.2, -0.15) is 13.2 Å². The Kier molecular flexibility index (Phi) is 4.90. The van der Waals surface area contributed by atoms with Crippen LogP contribution in [0.25, 0.3) is 17.1 Å². The van der Waals surface area contributed by atoms with E-state index in [1.807, 2.05) is 0 Å². The molecule has 0 bridgehead atoms. The highest BCUT2D eigenvalue weighted by Crippen LogP contribution is 2.33. The Hall–Kier alpha value is -2.92. The van der Waals surface area contributed by atoms with Gasteiger partial charge in [0.05, 0.1) is 17.7 Å². The molecule has 0 aliphatic rings. The number of ether oxygens (including phenoxy) is 1. The predicted octanol–water partition coefficient (Wildman–Crippen LogP) is 3.35. The number of rotatable bonds is 4. The van der Waals surface area contributed by atoms with E-state index in [2.05, 4.69) is 4.98 Å². The average Bonchev–Trinajstić information content (AvgIpc) is 3.07. The Labute approximate surface area is 157 Å². The third kappa shape index (κ3) is 3.85. The molecule has 11 heteroatoms. The molecule has 3 aromatic rings. The topological polar surface area (TPSA) is 87.2 Å². The standard InChI is InChI=1S/C17H13F4N3O3S/c1-27-14-7-4-11(8-13(14)18)24-9-15(17(19,20)21)23-16(24)10-2-5-12(6-3-10)28(22,25)26/h2-9H,1H3,(H2,22,25,26). The lowest BCUT2D eigenvalue weighted by Crippen LogP contribution is -2.11. The van der Waals surface area contributed by atoms with Crippen LogP contribution in [0.15, 0.2) is 53.6 Å². The maximum Gasteiger partial charge on any atom is 0.434 e. The largest absolute Gasteiger partial charge is 0.494 e. The number of aromatic nitrogens is 2.